The van der Waals surface area contributed by atoms with Crippen LogP contribution in [0.25, 0.3) is 5.76 Å². The highest BCUT2D eigenvalue weighted by Gasteiger charge is 2.46. The second-order valence-electron chi connectivity index (χ2n) is 7.22. The van der Waals surface area contributed by atoms with Crippen LogP contribution < -0.4 is 9.47 Å². The van der Waals surface area contributed by atoms with Crippen LogP contribution in [0.4, 0.5) is 0 Å². The molecule has 1 aliphatic heterocycles. The third-order valence-corrected chi connectivity index (χ3v) is 5.38. The summed E-state index contributed by atoms with van der Waals surface area (Å²) in [7, 11) is 2.98. The predicted octanol–water partition coefficient (Wildman–Crippen LogP) is 3.72. The van der Waals surface area contributed by atoms with Crippen molar-refractivity contribution >= 4 is 17.4 Å². The molecule has 1 N–H and O–H groups in total. The van der Waals surface area contributed by atoms with Gasteiger partial charge in [0.15, 0.2) is 0 Å². The SMILES string of the molecule is COc1ccc(/C(O)=C2/C(=O)C(=O)N(Cc3ccccn3)C2c2ccccc2)c(OC)c1. The number of ketones is 1. The van der Waals surface area contributed by atoms with Crippen LogP contribution in [0.3, 0.4) is 0 Å². The second-order valence-corrected chi connectivity index (χ2v) is 7.22. The van der Waals surface area contributed by atoms with Crippen LogP contribution in [0.5, 0.6) is 11.5 Å². The van der Waals surface area contributed by atoms with Gasteiger partial charge in [-0.2, -0.15) is 0 Å². The topological polar surface area (TPSA) is 89.0 Å². The molecule has 2 aromatic carbocycles. The Morgan fingerprint density at radius 1 is 1.00 bits per heavy atom. The van der Waals surface area contributed by atoms with Crippen LogP contribution in [-0.2, 0) is 16.1 Å². The Morgan fingerprint density at radius 2 is 1.75 bits per heavy atom. The lowest BCUT2D eigenvalue weighted by Gasteiger charge is -2.25. The molecule has 1 amide bonds. The first-order chi connectivity index (χ1) is 15.5. The third kappa shape index (κ3) is 3.80. The molecule has 1 atom stereocenters. The number of carbonyl (C=O) groups is 2. The minimum Gasteiger partial charge on any atom is -0.507 e. The van der Waals surface area contributed by atoms with Gasteiger partial charge in [-0.1, -0.05) is 36.4 Å². The average Bonchev–Trinajstić information content (AvgIpc) is 3.09. The van der Waals surface area contributed by atoms with Crippen LogP contribution in [0.1, 0.15) is 22.9 Å². The largest absolute Gasteiger partial charge is 0.507 e. The Kier molecular flexibility index (Phi) is 5.89. The van der Waals surface area contributed by atoms with Crippen molar-refractivity contribution in [3.05, 3.63) is 95.3 Å². The van der Waals surface area contributed by atoms with Crippen LogP contribution in [0.15, 0.2) is 78.5 Å². The number of pyridine rings is 1. The van der Waals surface area contributed by atoms with Crippen LogP contribution >= 0.6 is 0 Å². The number of hydrogen-bond acceptors (Lipinski definition) is 6. The molecule has 0 spiro atoms. The molecule has 7 heteroatoms. The number of likely N-dealkylation sites (tertiary alicyclic amines) is 1. The number of aliphatic hydroxyl groups is 1. The van der Waals surface area contributed by atoms with E-state index >= 15 is 0 Å². The zero-order valence-corrected chi connectivity index (χ0v) is 17.7. The van der Waals surface area contributed by atoms with Crippen molar-refractivity contribution in [1.82, 2.24) is 9.88 Å². The molecule has 1 fully saturated rings. The summed E-state index contributed by atoms with van der Waals surface area (Å²) in [6.45, 7) is 0.126. The lowest BCUT2D eigenvalue weighted by Crippen LogP contribution is -2.29. The van der Waals surface area contributed by atoms with Gasteiger partial charge < -0.3 is 19.5 Å². The Labute approximate surface area is 185 Å². The van der Waals surface area contributed by atoms with Gasteiger partial charge in [-0.3, -0.25) is 14.6 Å². The van der Waals surface area contributed by atoms with Gasteiger partial charge in [-0.15, -0.1) is 0 Å². The van der Waals surface area contributed by atoms with Gasteiger partial charge in [0.2, 0.25) is 0 Å². The molecule has 162 valence electrons. The molecule has 7 nitrogen and oxygen atoms in total. The van der Waals surface area contributed by atoms with Gasteiger partial charge in [-0.05, 0) is 29.8 Å². The summed E-state index contributed by atoms with van der Waals surface area (Å²) in [5.41, 5.74) is 1.64. The summed E-state index contributed by atoms with van der Waals surface area (Å²) >= 11 is 0. The number of benzene rings is 2. The zero-order valence-electron chi connectivity index (χ0n) is 17.7. The lowest BCUT2D eigenvalue weighted by atomic mass is 9.95. The number of aliphatic hydroxyl groups excluding tert-OH is 1. The van der Waals surface area contributed by atoms with Crippen molar-refractivity contribution in [2.24, 2.45) is 0 Å². The van der Waals surface area contributed by atoms with Gasteiger partial charge >= 0.3 is 0 Å². The summed E-state index contributed by atoms with van der Waals surface area (Å²) in [5, 5.41) is 11.2. The maximum absolute atomic E-state index is 13.1. The molecular weight excluding hydrogens is 408 g/mol. The van der Waals surface area contributed by atoms with E-state index in [-0.39, 0.29) is 17.9 Å². The number of ether oxygens (including phenoxy) is 2. The minimum absolute atomic E-state index is 0.000554. The number of Topliss-reactive ketones (excluding diaryl/α,β-unsaturated/α-hetero) is 1. The number of amides is 1. The Hall–Kier alpha value is -4.13. The minimum atomic E-state index is -0.773. The summed E-state index contributed by atoms with van der Waals surface area (Å²) in [6.07, 6.45) is 1.63. The first kappa shape index (κ1) is 21.1. The Bertz CT molecular complexity index is 1180. The number of rotatable bonds is 6. The highest BCUT2D eigenvalue weighted by Crippen LogP contribution is 2.42. The zero-order chi connectivity index (χ0) is 22.7. The quantitative estimate of drug-likeness (QED) is 0.364. The molecule has 1 aromatic heterocycles. The number of carbonyl (C=O) groups excluding carboxylic acids is 2. The number of nitrogens with zero attached hydrogens (tertiary/aromatic N) is 2. The van der Waals surface area contributed by atoms with Gasteiger partial charge in [0, 0.05) is 12.3 Å². The predicted molar refractivity (Wildman–Crippen MR) is 118 cm³/mol. The van der Waals surface area contributed by atoms with Crippen molar-refractivity contribution < 1.29 is 24.2 Å². The van der Waals surface area contributed by atoms with E-state index < -0.39 is 17.7 Å². The summed E-state index contributed by atoms with van der Waals surface area (Å²) < 4.78 is 10.6. The molecular formula is C25H22N2O5. The number of methoxy groups -OCH3 is 2. The molecule has 0 saturated carbocycles. The first-order valence-corrected chi connectivity index (χ1v) is 10.0. The fourth-order valence-electron chi connectivity index (χ4n) is 3.83. The van der Waals surface area contributed by atoms with E-state index in [0.717, 1.165) is 0 Å². The fourth-order valence-corrected chi connectivity index (χ4v) is 3.83. The summed E-state index contributed by atoms with van der Waals surface area (Å²) in [6, 6.07) is 18.6. The smallest absolute Gasteiger partial charge is 0.296 e. The van der Waals surface area contributed by atoms with Gasteiger partial charge in [-0.25, -0.2) is 0 Å². The maximum Gasteiger partial charge on any atom is 0.296 e. The van der Waals surface area contributed by atoms with E-state index in [4.69, 9.17) is 9.47 Å². The van der Waals surface area contributed by atoms with E-state index in [0.29, 0.717) is 28.3 Å². The summed E-state index contributed by atoms with van der Waals surface area (Å²) in [4.78, 5) is 31.9. The monoisotopic (exact) mass is 430 g/mol. The standard InChI is InChI=1S/C25H22N2O5/c1-31-18-11-12-19(20(14-18)32-2)23(28)21-22(16-8-4-3-5-9-16)27(25(30)24(21)29)15-17-10-6-7-13-26-17/h3-14,22,28H,15H2,1-2H3/b23-21-. The van der Waals surface area contributed by atoms with E-state index in [1.54, 1.807) is 36.5 Å². The molecule has 2 heterocycles. The van der Waals surface area contributed by atoms with E-state index in [1.165, 1.54) is 19.1 Å². The molecule has 1 unspecified atom stereocenters. The van der Waals surface area contributed by atoms with Gasteiger partial charge in [0.1, 0.15) is 17.3 Å². The van der Waals surface area contributed by atoms with E-state index in [2.05, 4.69) is 4.98 Å². The highest BCUT2D eigenvalue weighted by molar-refractivity contribution is 6.46. The van der Waals surface area contributed by atoms with Gasteiger partial charge in [0.25, 0.3) is 11.7 Å². The van der Waals surface area contributed by atoms with Crippen LogP contribution in [0, 0.1) is 0 Å². The average molecular weight is 430 g/mol. The molecule has 4 rings (SSSR count). The molecule has 1 aliphatic rings. The lowest BCUT2D eigenvalue weighted by molar-refractivity contribution is -0.140. The molecule has 1 saturated heterocycles. The van der Waals surface area contributed by atoms with Crippen molar-refractivity contribution in [1.29, 1.82) is 0 Å². The first-order valence-electron chi connectivity index (χ1n) is 10.0. The normalized spacial score (nSPS) is 17.4. The number of hydrogen-bond donors (Lipinski definition) is 1. The Balaban J connectivity index is 1.88. The molecule has 0 bridgehead atoms. The third-order valence-electron chi connectivity index (χ3n) is 5.38. The van der Waals surface area contributed by atoms with Gasteiger partial charge in [0.05, 0.1) is 43.6 Å². The molecule has 0 radical (unpaired) electrons. The molecule has 3 aromatic rings. The summed E-state index contributed by atoms with van der Waals surface area (Å²) in [5.74, 6) is -0.901. The van der Waals surface area contributed by atoms with Crippen LogP contribution in [0.2, 0.25) is 0 Å². The second kappa shape index (κ2) is 8.93. The van der Waals surface area contributed by atoms with Crippen molar-refractivity contribution in [3.8, 4) is 11.5 Å². The maximum atomic E-state index is 13.1. The fraction of sp³-hybridized carbons (Fsp3) is 0.160. The highest BCUT2D eigenvalue weighted by atomic mass is 16.5. The van der Waals surface area contributed by atoms with Crippen LogP contribution in [-0.4, -0.2) is 40.9 Å². The van der Waals surface area contributed by atoms with Crippen molar-refractivity contribution in [3.63, 3.8) is 0 Å². The molecule has 0 aliphatic carbocycles. The van der Waals surface area contributed by atoms with Crippen molar-refractivity contribution in [2.75, 3.05) is 14.2 Å². The van der Waals surface area contributed by atoms with Crippen molar-refractivity contribution in [2.45, 2.75) is 12.6 Å². The van der Waals surface area contributed by atoms with E-state index in [1.807, 2.05) is 36.4 Å². The Morgan fingerprint density at radius 3 is 2.41 bits per heavy atom. The number of aromatic nitrogens is 1. The van der Waals surface area contributed by atoms with E-state index in [9.17, 15) is 14.7 Å². The molecule has 32 heavy (non-hydrogen) atoms.